The molecular weight excluding hydrogens is 323 g/mol. The van der Waals surface area contributed by atoms with Crippen molar-refractivity contribution in [2.24, 2.45) is 0 Å². The molecule has 0 atom stereocenters. The van der Waals surface area contributed by atoms with Gasteiger partial charge < -0.3 is 11.1 Å². The Morgan fingerprint density at radius 1 is 1.21 bits per heavy atom. The summed E-state index contributed by atoms with van der Waals surface area (Å²) in [5.74, 6) is -3.72. The fourth-order valence-corrected chi connectivity index (χ4v) is 1.87. The van der Waals surface area contributed by atoms with Crippen LogP contribution >= 0.6 is 15.9 Å². The molecule has 0 bridgehead atoms. The van der Waals surface area contributed by atoms with Gasteiger partial charge in [0.05, 0.1) is 16.4 Å². The Balaban J connectivity index is 2.39. The van der Waals surface area contributed by atoms with Crippen LogP contribution in [0.5, 0.6) is 0 Å². The number of benzene rings is 1. The lowest BCUT2D eigenvalue weighted by atomic mass is 10.2. The quantitative estimate of drug-likeness (QED) is 0.820. The number of nitrogens with zero attached hydrogens (tertiary/aromatic N) is 1. The van der Waals surface area contributed by atoms with Crippen LogP contribution in [-0.4, -0.2) is 4.98 Å². The fraction of sp³-hybridized carbons (Fsp3) is 0.0833. The van der Waals surface area contributed by atoms with E-state index in [-0.39, 0.29) is 5.69 Å². The van der Waals surface area contributed by atoms with Crippen LogP contribution in [0.2, 0.25) is 0 Å². The van der Waals surface area contributed by atoms with Gasteiger partial charge >= 0.3 is 0 Å². The minimum Gasteiger partial charge on any atom is -0.397 e. The maximum absolute atomic E-state index is 13.1. The predicted molar refractivity (Wildman–Crippen MR) is 70.7 cm³/mol. The molecule has 19 heavy (non-hydrogen) atoms. The van der Waals surface area contributed by atoms with E-state index < -0.39 is 17.5 Å². The highest BCUT2D eigenvalue weighted by Gasteiger charge is 2.13. The normalized spacial score (nSPS) is 10.6. The number of halogens is 4. The summed E-state index contributed by atoms with van der Waals surface area (Å²) in [5, 5.41) is 2.69. The summed E-state index contributed by atoms with van der Waals surface area (Å²) in [4.78, 5) is 3.99. The minimum absolute atomic E-state index is 0.0498. The molecule has 7 heteroatoms. The van der Waals surface area contributed by atoms with Gasteiger partial charge in [0.1, 0.15) is 5.82 Å². The first-order chi connectivity index (χ1) is 8.90. The summed E-state index contributed by atoms with van der Waals surface area (Å²) in [6.45, 7) is 1.76. The smallest absolute Gasteiger partial charge is 0.194 e. The van der Waals surface area contributed by atoms with Gasteiger partial charge in [-0.3, -0.25) is 0 Å². The Bertz CT molecular complexity index is 623. The summed E-state index contributed by atoms with van der Waals surface area (Å²) in [6.07, 6.45) is 1.42. The van der Waals surface area contributed by atoms with Gasteiger partial charge in [0, 0.05) is 17.8 Å². The molecular formula is C12H9BrF3N3. The molecule has 0 unspecified atom stereocenters. The number of hydrogen-bond acceptors (Lipinski definition) is 3. The molecule has 0 aliphatic rings. The van der Waals surface area contributed by atoms with E-state index in [4.69, 9.17) is 5.73 Å². The highest BCUT2D eigenvalue weighted by Crippen LogP contribution is 2.30. The van der Waals surface area contributed by atoms with Crippen LogP contribution in [0.15, 0.2) is 22.8 Å². The second-order valence-corrected chi connectivity index (χ2v) is 4.67. The van der Waals surface area contributed by atoms with E-state index >= 15 is 0 Å². The lowest BCUT2D eigenvalue weighted by Gasteiger charge is -2.11. The molecule has 0 saturated heterocycles. The molecule has 1 aromatic heterocycles. The lowest BCUT2D eigenvalue weighted by molar-refractivity contribution is 0.448. The fourth-order valence-electron chi connectivity index (χ4n) is 1.44. The predicted octanol–water partition coefficient (Wildman–Crippen LogP) is 3.90. The average molecular weight is 332 g/mol. The van der Waals surface area contributed by atoms with Crippen molar-refractivity contribution in [3.05, 3.63) is 45.8 Å². The van der Waals surface area contributed by atoms with E-state index in [0.29, 0.717) is 16.0 Å². The highest BCUT2D eigenvalue weighted by atomic mass is 79.9. The molecule has 0 aliphatic carbocycles. The number of hydrogen-bond donors (Lipinski definition) is 2. The Kier molecular flexibility index (Phi) is 3.66. The maximum Gasteiger partial charge on any atom is 0.194 e. The average Bonchev–Trinajstić information content (AvgIpc) is 2.36. The summed E-state index contributed by atoms with van der Waals surface area (Å²) >= 11 is 3.27. The Labute approximate surface area is 115 Å². The molecule has 0 aliphatic heterocycles. The van der Waals surface area contributed by atoms with Crippen molar-refractivity contribution in [1.82, 2.24) is 4.98 Å². The van der Waals surface area contributed by atoms with Gasteiger partial charge in [-0.2, -0.15) is 0 Å². The number of pyridine rings is 1. The molecule has 0 saturated carbocycles. The van der Waals surface area contributed by atoms with Gasteiger partial charge in [-0.15, -0.1) is 0 Å². The molecule has 2 rings (SSSR count). The third-order valence-corrected chi connectivity index (χ3v) is 3.52. The van der Waals surface area contributed by atoms with Gasteiger partial charge in [-0.25, -0.2) is 18.2 Å². The summed E-state index contributed by atoms with van der Waals surface area (Å²) in [7, 11) is 0. The molecule has 3 N–H and O–H groups in total. The van der Waals surface area contributed by atoms with E-state index in [9.17, 15) is 13.2 Å². The number of nitrogen functional groups attached to an aromatic ring is 1. The third-order valence-electron chi connectivity index (χ3n) is 2.55. The molecule has 2 aromatic rings. The van der Waals surface area contributed by atoms with Crippen LogP contribution in [0.3, 0.4) is 0 Å². The van der Waals surface area contributed by atoms with E-state index in [1.165, 1.54) is 6.20 Å². The highest BCUT2D eigenvalue weighted by molar-refractivity contribution is 9.10. The molecule has 0 radical (unpaired) electrons. The third kappa shape index (κ3) is 2.65. The Morgan fingerprint density at radius 3 is 2.37 bits per heavy atom. The molecule has 0 fully saturated rings. The summed E-state index contributed by atoms with van der Waals surface area (Å²) in [5.41, 5.74) is 6.93. The van der Waals surface area contributed by atoms with Gasteiger partial charge in [0.15, 0.2) is 17.5 Å². The second-order valence-electron chi connectivity index (χ2n) is 3.88. The van der Waals surface area contributed by atoms with Crippen molar-refractivity contribution >= 4 is 33.1 Å². The van der Waals surface area contributed by atoms with Crippen molar-refractivity contribution in [2.75, 3.05) is 11.1 Å². The van der Waals surface area contributed by atoms with E-state index in [1.54, 1.807) is 6.92 Å². The number of nitrogens with one attached hydrogen (secondary N) is 1. The molecule has 100 valence electrons. The minimum atomic E-state index is -1.51. The zero-order chi connectivity index (χ0) is 14.2. The van der Waals surface area contributed by atoms with Gasteiger partial charge in [-0.05, 0) is 28.4 Å². The lowest BCUT2D eigenvalue weighted by Crippen LogP contribution is -2.01. The first kappa shape index (κ1) is 13.7. The van der Waals surface area contributed by atoms with E-state index in [0.717, 1.165) is 17.7 Å². The Morgan fingerprint density at radius 2 is 1.79 bits per heavy atom. The molecule has 3 nitrogen and oxygen atoms in total. The van der Waals surface area contributed by atoms with Crippen LogP contribution in [0.1, 0.15) is 5.56 Å². The van der Waals surface area contributed by atoms with Crippen LogP contribution < -0.4 is 11.1 Å². The monoisotopic (exact) mass is 331 g/mol. The summed E-state index contributed by atoms with van der Waals surface area (Å²) < 4.78 is 39.6. The molecule has 1 aromatic carbocycles. The zero-order valence-electron chi connectivity index (χ0n) is 9.77. The van der Waals surface area contributed by atoms with Crippen LogP contribution in [0, 0.1) is 24.4 Å². The second kappa shape index (κ2) is 5.08. The largest absolute Gasteiger partial charge is 0.397 e. The number of anilines is 3. The SMILES string of the molecule is Cc1c(N)cnc(Nc2cc(F)c(F)c(F)c2)c1Br. The van der Waals surface area contributed by atoms with Crippen molar-refractivity contribution in [2.45, 2.75) is 6.92 Å². The number of nitrogens with two attached hydrogens (primary N) is 1. The zero-order valence-corrected chi connectivity index (χ0v) is 11.4. The van der Waals surface area contributed by atoms with Crippen LogP contribution in [0.4, 0.5) is 30.4 Å². The number of aromatic nitrogens is 1. The van der Waals surface area contributed by atoms with Gasteiger partial charge in [0.2, 0.25) is 0 Å². The first-order valence-corrected chi connectivity index (χ1v) is 6.01. The number of rotatable bonds is 2. The van der Waals surface area contributed by atoms with Gasteiger partial charge in [0.25, 0.3) is 0 Å². The van der Waals surface area contributed by atoms with Crippen molar-refractivity contribution in [3.63, 3.8) is 0 Å². The Hall–Kier alpha value is -1.76. The van der Waals surface area contributed by atoms with Crippen molar-refractivity contribution in [3.8, 4) is 0 Å². The molecule has 0 spiro atoms. The molecule has 1 heterocycles. The summed E-state index contributed by atoms with van der Waals surface area (Å²) in [6, 6.07) is 1.69. The van der Waals surface area contributed by atoms with E-state index in [1.807, 2.05) is 0 Å². The molecule has 0 amide bonds. The van der Waals surface area contributed by atoms with Crippen molar-refractivity contribution in [1.29, 1.82) is 0 Å². The van der Waals surface area contributed by atoms with Crippen molar-refractivity contribution < 1.29 is 13.2 Å². The standard InChI is InChI=1S/C12H9BrF3N3/c1-5-9(17)4-18-12(10(5)13)19-6-2-7(14)11(16)8(15)3-6/h2-4H,17H2,1H3,(H,18,19). The first-order valence-electron chi connectivity index (χ1n) is 5.22. The van der Waals surface area contributed by atoms with Crippen LogP contribution in [0.25, 0.3) is 0 Å². The topological polar surface area (TPSA) is 50.9 Å². The van der Waals surface area contributed by atoms with Crippen LogP contribution in [-0.2, 0) is 0 Å². The van der Waals surface area contributed by atoms with Gasteiger partial charge in [-0.1, -0.05) is 0 Å². The van der Waals surface area contributed by atoms with E-state index in [2.05, 4.69) is 26.2 Å². The maximum atomic E-state index is 13.1.